The topological polar surface area (TPSA) is 96.7 Å². The predicted octanol–water partition coefficient (Wildman–Crippen LogP) is 3.49. The Morgan fingerprint density at radius 1 is 1.06 bits per heavy atom. The summed E-state index contributed by atoms with van der Waals surface area (Å²) in [5.74, 6) is -0.473. The summed E-state index contributed by atoms with van der Waals surface area (Å²) in [5.41, 5.74) is 6.46. The Morgan fingerprint density at radius 2 is 1.79 bits per heavy atom. The number of aryl methyl sites for hydroxylation is 1. The van der Waals surface area contributed by atoms with Crippen LogP contribution in [0.5, 0.6) is 0 Å². The summed E-state index contributed by atoms with van der Waals surface area (Å²) in [6, 6.07) is 16.1. The first kappa shape index (κ1) is 23.8. The van der Waals surface area contributed by atoms with Crippen LogP contribution < -0.4 is 5.43 Å². The zero-order valence-electron chi connectivity index (χ0n) is 19.4. The van der Waals surface area contributed by atoms with E-state index in [-0.39, 0.29) is 10.5 Å². The molecule has 1 aliphatic heterocycles. The van der Waals surface area contributed by atoms with Gasteiger partial charge in [0.25, 0.3) is 5.91 Å². The van der Waals surface area contributed by atoms with Crippen LogP contribution >= 0.6 is 0 Å². The molecule has 0 spiro atoms. The van der Waals surface area contributed by atoms with Crippen LogP contribution in [0.3, 0.4) is 0 Å². The van der Waals surface area contributed by atoms with Crippen molar-refractivity contribution in [1.82, 2.24) is 19.5 Å². The van der Waals surface area contributed by atoms with Gasteiger partial charge in [-0.3, -0.25) is 9.48 Å². The summed E-state index contributed by atoms with van der Waals surface area (Å²) in [7, 11) is -3.61. The summed E-state index contributed by atoms with van der Waals surface area (Å²) in [4.78, 5) is 12.8. The number of amides is 1. The molecule has 0 atom stereocenters. The summed E-state index contributed by atoms with van der Waals surface area (Å²) in [6.07, 6.45) is 4.33. The average Bonchev–Trinajstić information content (AvgIpc) is 3.12. The highest BCUT2D eigenvalue weighted by atomic mass is 32.2. The third kappa shape index (κ3) is 5.26. The standard InChI is InChI=1S/C25H29N5O3S/c1-19-24(20(2)30(28-19)18-21-10-5-3-6-11-21)17-26-27-25(31)22-12-9-13-23(16-22)34(32,33)29-14-7-4-8-15-29/h3,5-6,9-13,16-17H,4,7-8,14-15,18H2,1-2H3,(H,27,31)/b26-17+. The molecule has 0 radical (unpaired) electrons. The lowest BCUT2D eigenvalue weighted by Gasteiger charge is -2.25. The Hall–Kier alpha value is -3.30. The molecular weight excluding hydrogens is 450 g/mol. The second-order valence-corrected chi connectivity index (χ2v) is 10.4. The van der Waals surface area contributed by atoms with Crippen molar-refractivity contribution in [1.29, 1.82) is 0 Å². The third-order valence-corrected chi connectivity index (χ3v) is 7.92. The van der Waals surface area contributed by atoms with Gasteiger partial charge in [-0.15, -0.1) is 0 Å². The monoisotopic (exact) mass is 479 g/mol. The fourth-order valence-electron chi connectivity index (χ4n) is 4.08. The van der Waals surface area contributed by atoms with Gasteiger partial charge in [0.15, 0.2) is 0 Å². The molecule has 2 heterocycles. The molecule has 0 saturated carbocycles. The largest absolute Gasteiger partial charge is 0.271 e. The molecule has 1 amide bonds. The van der Waals surface area contributed by atoms with Crippen LogP contribution in [0, 0.1) is 13.8 Å². The molecule has 0 bridgehead atoms. The van der Waals surface area contributed by atoms with Crippen LogP contribution in [-0.2, 0) is 16.6 Å². The number of nitrogens with one attached hydrogen (secondary N) is 1. The number of carbonyl (C=O) groups is 1. The van der Waals surface area contributed by atoms with Gasteiger partial charge in [0.2, 0.25) is 10.0 Å². The highest BCUT2D eigenvalue weighted by Gasteiger charge is 2.26. The molecule has 1 aromatic heterocycles. The number of carbonyl (C=O) groups excluding carboxylic acids is 1. The van der Waals surface area contributed by atoms with E-state index in [1.165, 1.54) is 16.4 Å². The molecule has 9 heteroatoms. The minimum absolute atomic E-state index is 0.125. The number of rotatable bonds is 7. The molecule has 1 N–H and O–H groups in total. The SMILES string of the molecule is Cc1nn(Cc2ccccc2)c(C)c1/C=N/NC(=O)c1cccc(S(=O)(=O)N2CCCCC2)c1. The minimum Gasteiger partial charge on any atom is -0.267 e. The number of sulfonamides is 1. The number of benzene rings is 2. The van der Waals surface area contributed by atoms with Gasteiger partial charge in [-0.05, 0) is 50.5 Å². The number of aromatic nitrogens is 2. The van der Waals surface area contributed by atoms with Crippen molar-refractivity contribution in [2.45, 2.75) is 44.6 Å². The van der Waals surface area contributed by atoms with Gasteiger partial charge < -0.3 is 0 Å². The van der Waals surface area contributed by atoms with E-state index in [1.807, 2.05) is 48.9 Å². The molecular formula is C25H29N5O3S. The maximum absolute atomic E-state index is 12.9. The van der Waals surface area contributed by atoms with Crippen molar-refractivity contribution in [3.63, 3.8) is 0 Å². The Morgan fingerprint density at radius 3 is 2.53 bits per heavy atom. The molecule has 0 unspecified atom stereocenters. The zero-order chi connectivity index (χ0) is 24.1. The van der Waals surface area contributed by atoms with Crippen molar-refractivity contribution >= 4 is 22.1 Å². The maximum Gasteiger partial charge on any atom is 0.271 e. The molecule has 2 aromatic carbocycles. The first-order valence-corrected chi connectivity index (χ1v) is 12.8. The molecule has 1 fully saturated rings. The lowest BCUT2D eigenvalue weighted by molar-refractivity contribution is 0.0955. The molecule has 34 heavy (non-hydrogen) atoms. The Kier molecular flexibility index (Phi) is 7.23. The number of hydrogen-bond donors (Lipinski definition) is 1. The zero-order valence-corrected chi connectivity index (χ0v) is 20.3. The first-order chi connectivity index (χ1) is 16.4. The van der Waals surface area contributed by atoms with Gasteiger partial charge in [0.1, 0.15) is 0 Å². The van der Waals surface area contributed by atoms with Gasteiger partial charge in [0, 0.05) is 29.9 Å². The van der Waals surface area contributed by atoms with Gasteiger partial charge in [-0.1, -0.05) is 42.8 Å². The van der Waals surface area contributed by atoms with Crippen LogP contribution in [0.2, 0.25) is 0 Å². The van der Waals surface area contributed by atoms with E-state index in [4.69, 9.17) is 0 Å². The van der Waals surface area contributed by atoms with E-state index >= 15 is 0 Å². The van der Waals surface area contributed by atoms with Gasteiger partial charge >= 0.3 is 0 Å². The summed E-state index contributed by atoms with van der Waals surface area (Å²) in [6.45, 7) is 5.53. The predicted molar refractivity (Wildman–Crippen MR) is 131 cm³/mol. The normalized spacial score (nSPS) is 15.0. The van der Waals surface area contributed by atoms with Crippen molar-refractivity contribution < 1.29 is 13.2 Å². The lowest BCUT2D eigenvalue weighted by atomic mass is 10.2. The number of hydrazone groups is 1. The summed E-state index contributed by atoms with van der Waals surface area (Å²) >= 11 is 0. The van der Waals surface area contributed by atoms with Crippen molar-refractivity contribution in [2.24, 2.45) is 5.10 Å². The van der Waals surface area contributed by atoms with E-state index in [1.54, 1.807) is 18.3 Å². The highest BCUT2D eigenvalue weighted by molar-refractivity contribution is 7.89. The van der Waals surface area contributed by atoms with E-state index in [2.05, 4.69) is 15.6 Å². The molecule has 0 aliphatic carbocycles. The van der Waals surface area contributed by atoms with E-state index in [0.29, 0.717) is 19.6 Å². The van der Waals surface area contributed by atoms with E-state index in [9.17, 15) is 13.2 Å². The summed E-state index contributed by atoms with van der Waals surface area (Å²) in [5, 5.41) is 8.69. The van der Waals surface area contributed by atoms with Crippen molar-refractivity contribution in [2.75, 3.05) is 13.1 Å². The second kappa shape index (κ2) is 10.3. The maximum atomic E-state index is 12.9. The molecule has 3 aromatic rings. The first-order valence-electron chi connectivity index (χ1n) is 11.4. The quantitative estimate of drug-likeness (QED) is 0.414. The Labute approximate surface area is 200 Å². The Balaban J connectivity index is 1.45. The Bertz CT molecular complexity index is 1290. The molecule has 1 aliphatic rings. The smallest absolute Gasteiger partial charge is 0.267 e. The van der Waals surface area contributed by atoms with Crippen LogP contribution in [0.15, 0.2) is 64.6 Å². The number of nitrogens with zero attached hydrogens (tertiary/aromatic N) is 4. The van der Waals surface area contributed by atoms with Crippen LogP contribution in [0.25, 0.3) is 0 Å². The lowest BCUT2D eigenvalue weighted by Crippen LogP contribution is -2.35. The molecule has 4 rings (SSSR count). The number of hydrogen-bond acceptors (Lipinski definition) is 5. The average molecular weight is 480 g/mol. The van der Waals surface area contributed by atoms with Gasteiger partial charge in [-0.25, -0.2) is 13.8 Å². The van der Waals surface area contributed by atoms with Crippen molar-refractivity contribution in [3.8, 4) is 0 Å². The summed E-state index contributed by atoms with van der Waals surface area (Å²) < 4.78 is 29.2. The van der Waals surface area contributed by atoms with E-state index < -0.39 is 15.9 Å². The second-order valence-electron chi connectivity index (χ2n) is 8.42. The van der Waals surface area contributed by atoms with Crippen LogP contribution in [0.4, 0.5) is 0 Å². The van der Waals surface area contributed by atoms with Crippen LogP contribution in [0.1, 0.15) is 52.1 Å². The van der Waals surface area contributed by atoms with Gasteiger partial charge in [0.05, 0.1) is 23.3 Å². The van der Waals surface area contributed by atoms with Crippen molar-refractivity contribution in [3.05, 3.63) is 82.7 Å². The molecule has 178 valence electrons. The van der Waals surface area contributed by atoms with Gasteiger partial charge in [-0.2, -0.15) is 14.5 Å². The third-order valence-electron chi connectivity index (χ3n) is 6.02. The fourth-order valence-corrected chi connectivity index (χ4v) is 5.64. The minimum atomic E-state index is -3.61. The highest BCUT2D eigenvalue weighted by Crippen LogP contribution is 2.21. The molecule has 8 nitrogen and oxygen atoms in total. The molecule has 1 saturated heterocycles. The number of piperidine rings is 1. The fraction of sp³-hybridized carbons (Fsp3) is 0.320. The van der Waals surface area contributed by atoms with E-state index in [0.717, 1.165) is 41.8 Å². The van der Waals surface area contributed by atoms with Crippen LogP contribution in [-0.4, -0.2) is 47.7 Å².